The largest absolute Gasteiger partial charge is 0.481 e. The molecule has 0 rings (SSSR count). The summed E-state index contributed by atoms with van der Waals surface area (Å²) in [6.45, 7) is 5.42. The van der Waals surface area contributed by atoms with E-state index in [1.807, 2.05) is 6.92 Å². The van der Waals surface area contributed by atoms with Crippen LogP contribution in [0.5, 0.6) is 0 Å². The summed E-state index contributed by atoms with van der Waals surface area (Å²) in [5.74, 6) is -0.793. The first-order valence-corrected chi connectivity index (χ1v) is 3.58. The number of carbonyl (C=O) groups is 1. The smallest absolute Gasteiger partial charge is 0.305 e. The first-order chi connectivity index (χ1) is 5.06. The zero-order valence-electron chi connectivity index (χ0n) is 6.66. The molecule has 3 heteroatoms. The van der Waals surface area contributed by atoms with Crippen molar-refractivity contribution in [2.24, 2.45) is 5.92 Å². The third-order valence-electron chi connectivity index (χ3n) is 1.46. The Hall–Kier alpha value is -0.830. The minimum atomic E-state index is -0.964. The zero-order chi connectivity index (χ0) is 8.85. The van der Waals surface area contributed by atoms with Crippen LogP contribution in [0.2, 0.25) is 0 Å². The second kappa shape index (κ2) is 4.91. The summed E-state index contributed by atoms with van der Waals surface area (Å²) in [4.78, 5) is 10.1. The Bertz CT molecular complexity index is 142. The lowest BCUT2D eigenvalue weighted by molar-refractivity contribution is -0.139. The number of carboxylic acids is 1. The highest BCUT2D eigenvalue weighted by Crippen LogP contribution is 2.08. The van der Waals surface area contributed by atoms with Gasteiger partial charge in [-0.15, -0.1) is 6.58 Å². The van der Waals surface area contributed by atoms with E-state index in [4.69, 9.17) is 10.2 Å². The average Bonchev–Trinajstić information content (AvgIpc) is 1.85. The number of rotatable bonds is 5. The lowest BCUT2D eigenvalue weighted by Gasteiger charge is -2.10. The summed E-state index contributed by atoms with van der Waals surface area (Å²) in [5.41, 5.74) is 0. The summed E-state index contributed by atoms with van der Waals surface area (Å²) in [6.07, 6.45) is 1.24. The lowest BCUT2D eigenvalue weighted by Crippen LogP contribution is -2.15. The summed E-state index contributed by atoms with van der Waals surface area (Å²) in [7, 11) is 0. The number of aliphatic hydroxyl groups excluding tert-OH is 1. The van der Waals surface area contributed by atoms with E-state index in [9.17, 15) is 4.79 Å². The van der Waals surface area contributed by atoms with Crippen LogP contribution in [0.3, 0.4) is 0 Å². The minimum Gasteiger partial charge on any atom is -0.481 e. The maximum Gasteiger partial charge on any atom is 0.305 e. The topological polar surface area (TPSA) is 57.5 Å². The van der Waals surface area contributed by atoms with Gasteiger partial charge in [-0.3, -0.25) is 4.79 Å². The molecule has 0 fully saturated rings. The van der Waals surface area contributed by atoms with E-state index < -0.39 is 12.1 Å². The first kappa shape index (κ1) is 10.2. The highest BCUT2D eigenvalue weighted by atomic mass is 16.4. The fourth-order valence-electron chi connectivity index (χ4n) is 0.810. The first-order valence-electron chi connectivity index (χ1n) is 3.58. The molecule has 2 unspecified atom stereocenters. The van der Waals surface area contributed by atoms with Crippen LogP contribution in [0, 0.1) is 5.92 Å². The third-order valence-corrected chi connectivity index (χ3v) is 1.46. The van der Waals surface area contributed by atoms with Gasteiger partial charge in [-0.25, -0.2) is 0 Å². The van der Waals surface area contributed by atoms with Crippen molar-refractivity contribution in [2.75, 3.05) is 0 Å². The van der Waals surface area contributed by atoms with E-state index >= 15 is 0 Å². The predicted molar refractivity (Wildman–Crippen MR) is 42.2 cm³/mol. The molecule has 0 aromatic heterocycles. The lowest BCUT2D eigenvalue weighted by atomic mass is 10.0. The fraction of sp³-hybridized carbons (Fsp3) is 0.625. The second-order valence-corrected chi connectivity index (χ2v) is 2.70. The maximum atomic E-state index is 10.1. The highest BCUT2D eigenvalue weighted by molar-refractivity contribution is 5.67. The van der Waals surface area contributed by atoms with Crippen molar-refractivity contribution in [1.82, 2.24) is 0 Å². The number of aliphatic carboxylic acids is 1. The molecule has 3 nitrogen and oxygen atoms in total. The Balaban J connectivity index is 3.59. The molecule has 0 aliphatic rings. The van der Waals surface area contributed by atoms with Crippen LogP contribution in [0.25, 0.3) is 0 Å². The monoisotopic (exact) mass is 158 g/mol. The molecule has 0 aliphatic heterocycles. The number of allylic oxidation sites excluding steroid dienone is 1. The predicted octanol–water partition coefficient (Wildman–Crippen LogP) is 1.03. The highest BCUT2D eigenvalue weighted by Gasteiger charge is 2.11. The Morgan fingerprint density at radius 3 is 2.64 bits per heavy atom. The van der Waals surface area contributed by atoms with Gasteiger partial charge in [0.2, 0.25) is 0 Å². The Morgan fingerprint density at radius 2 is 2.27 bits per heavy atom. The number of carboxylic acid groups (broad SMARTS) is 1. The average molecular weight is 158 g/mol. The van der Waals surface area contributed by atoms with Crippen LogP contribution < -0.4 is 0 Å². The van der Waals surface area contributed by atoms with Crippen LogP contribution in [0.1, 0.15) is 19.8 Å². The van der Waals surface area contributed by atoms with Crippen molar-refractivity contribution in [3.63, 3.8) is 0 Å². The molecule has 0 spiro atoms. The normalized spacial score (nSPS) is 15.5. The molecule has 0 aromatic rings. The van der Waals surface area contributed by atoms with Gasteiger partial charge < -0.3 is 10.2 Å². The van der Waals surface area contributed by atoms with Crippen LogP contribution in [0.4, 0.5) is 0 Å². The van der Waals surface area contributed by atoms with Crippen molar-refractivity contribution in [2.45, 2.75) is 25.9 Å². The van der Waals surface area contributed by atoms with Gasteiger partial charge in [0.15, 0.2) is 0 Å². The van der Waals surface area contributed by atoms with E-state index in [-0.39, 0.29) is 12.3 Å². The SMILES string of the molecule is C=CC(C)CC(O)CC(=O)O. The standard InChI is InChI=1S/C8H14O3/c1-3-6(2)4-7(9)5-8(10)11/h3,6-7,9H,1,4-5H2,2H3,(H,10,11). The fourth-order valence-corrected chi connectivity index (χ4v) is 0.810. The maximum absolute atomic E-state index is 10.1. The molecular weight excluding hydrogens is 144 g/mol. The van der Waals surface area contributed by atoms with Crippen molar-refractivity contribution in [1.29, 1.82) is 0 Å². The zero-order valence-corrected chi connectivity index (χ0v) is 6.66. The van der Waals surface area contributed by atoms with Crippen molar-refractivity contribution in [3.05, 3.63) is 12.7 Å². The van der Waals surface area contributed by atoms with Crippen LogP contribution >= 0.6 is 0 Å². The van der Waals surface area contributed by atoms with E-state index in [0.29, 0.717) is 6.42 Å². The van der Waals surface area contributed by atoms with Gasteiger partial charge in [-0.05, 0) is 12.3 Å². The molecule has 2 atom stereocenters. The quantitative estimate of drug-likeness (QED) is 0.587. The van der Waals surface area contributed by atoms with E-state index in [1.54, 1.807) is 6.08 Å². The van der Waals surface area contributed by atoms with Crippen molar-refractivity contribution in [3.8, 4) is 0 Å². The molecule has 0 saturated carbocycles. The Labute approximate surface area is 66.4 Å². The summed E-state index contributed by atoms with van der Waals surface area (Å²) < 4.78 is 0. The van der Waals surface area contributed by atoms with Gasteiger partial charge >= 0.3 is 5.97 Å². The van der Waals surface area contributed by atoms with Crippen molar-refractivity contribution < 1.29 is 15.0 Å². The number of hydrogen-bond donors (Lipinski definition) is 2. The van der Waals surface area contributed by atoms with Gasteiger partial charge in [0.25, 0.3) is 0 Å². The molecule has 0 saturated heterocycles. The Morgan fingerprint density at radius 1 is 1.73 bits per heavy atom. The van der Waals surface area contributed by atoms with Gasteiger partial charge in [0, 0.05) is 0 Å². The molecule has 11 heavy (non-hydrogen) atoms. The van der Waals surface area contributed by atoms with Gasteiger partial charge in [-0.2, -0.15) is 0 Å². The summed E-state index contributed by atoms with van der Waals surface area (Å²) in [6, 6.07) is 0. The van der Waals surface area contributed by atoms with E-state index in [1.165, 1.54) is 0 Å². The Kier molecular flexibility index (Phi) is 4.54. The van der Waals surface area contributed by atoms with Crippen LogP contribution in [0.15, 0.2) is 12.7 Å². The molecule has 0 radical (unpaired) electrons. The number of hydrogen-bond acceptors (Lipinski definition) is 2. The third kappa shape index (κ3) is 5.61. The number of aliphatic hydroxyl groups is 1. The molecule has 0 aromatic carbocycles. The van der Waals surface area contributed by atoms with Gasteiger partial charge in [-0.1, -0.05) is 13.0 Å². The second-order valence-electron chi connectivity index (χ2n) is 2.70. The van der Waals surface area contributed by atoms with E-state index in [0.717, 1.165) is 0 Å². The molecule has 0 heterocycles. The van der Waals surface area contributed by atoms with Gasteiger partial charge in [0.05, 0.1) is 12.5 Å². The van der Waals surface area contributed by atoms with E-state index in [2.05, 4.69) is 6.58 Å². The summed E-state index contributed by atoms with van der Waals surface area (Å²) in [5, 5.41) is 17.4. The summed E-state index contributed by atoms with van der Waals surface area (Å²) >= 11 is 0. The molecule has 64 valence electrons. The van der Waals surface area contributed by atoms with Gasteiger partial charge in [0.1, 0.15) is 0 Å². The molecule has 0 bridgehead atoms. The minimum absolute atomic E-state index is 0.171. The molecule has 0 amide bonds. The molecule has 2 N–H and O–H groups in total. The molecule has 0 aliphatic carbocycles. The van der Waals surface area contributed by atoms with Crippen LogP contribution in [-0.4, -0.2) is 22.3 Å². The van der Waals surface area contributed by atoms with Crippen LogP contribution in [-0.2, 0) is 4.79 Å². The van der Waals surface area contributed by atoms with Crippen molar-refractivity contribution >= 4 is 5.97 Å². The molecular formula is C8H14O3.